The third-order valence-electron chi connectivity index (χ3n) is 2.36. The fraction of sp³-hybridized carbons (Fsp3) is 0.364. The van der Waals surface area contributed by atoms with Crippen LogP contribution in [0.1, 0.15) is 25.5 Å². The van der Waals surface area contributed by atoms with Crippen LogP contribution in [0.5, 0.6) is 0 Å². The topological polar surface area (TPSA) is 63.8 Å². The lowest BCUT2D eigenvalue weighted by Gasteiger charge is -2.11. The van der Waals surface area contributed by atoms with Gasteiger partial charge in [-0.2, -0.15) is 5.10 Å². The van der Waals surface area contributed by atoms with Gasteiger partial charge in [0, 0.05) is 24.0 Å². The number of hydrogen-bond donors (Lipinski definition) is 1. The van der Waals surface area contributed by atoms with Crippen LogP contribution < -0.4 is 0 Å². The predicted octanol–water partition coefficient (Wildman–Crippen LogP) is 1.41. The van der Waals surface area contributed by atoms with E-state index in [9.17, 15) is 5.11 Å². The second kappa shape index (κ2) is 4.40. The second-order valence-corrected chi connectivity index (χ2v) is 3.81. The highest BCUT2D eigenvalue weighted by molar-refractivity contribution is 5.58. The summed E-state index contributed by atoms with van der Waals surface area (Å²) in [5.41, 5.74) is 2.36. The molecule has 0 aromatic carbocycles. The lowest BCUT2D eigenvalue weighted by atomic mass is 10.2. The molecule has 2 heterocycles. The number of rotatable bonds is 3. The predicted molar refractivity (Wildman–Crippen MR) is 59.6 cm³/mol. The monoisotopic (exact) mass is 218 g/mol. The summed E-state index contributed by atoms with van der Waals surface area (Å²) in [5.74, 6) is 0. The average Bonchev–Trinajstić information content (AvgIpc) is 2.77. The number of aliphatic hydroxyl groups is 1. The van der Waals surface area contributed by atoms with Gasteiger partial charge < -0.3 is 5.11 Å². The highest BCUT2D eigenvalue weighted by Crippen LogP contribution is 2.22. The van der Waals surface area contributed by atoms with E-state index in [1.54, 1.807) is 12.4 Å². The molecular weight excluding hydrogens is 204 g/mol. The van der Waals surface area contributed by atoms with Gasteiger partial charge in [-0.1, -0.05) is 0 Å². The molecule has 0 spiro atoms. The van der Waals surface area contributed by atoms with E-state index in [2.05, 4.69) is 28.9 Å². The normalized spacial score (nSPS) is 11.0. The van der Waals surface area contributed by atoms with E-state index in [1.807, 2.05) is 10.7 Å². The first kappa shape index (κ1) is 10.8. The minimum Gasteiger partial charge on any atom is -0.392 e. The van der Waals surface area contributed by atoms with E-state index in [-0.39, 0.29) is 12.6 Å². The van der Waals surface area contributed by atoms with Gasteiger partial charge in [-0.25, -0.2) is 9.97 Å². The highest BCUT2D eigenvalue weighted by atomic mass is 16.3. The maximum atomic E-state index is 9.24. The Bertz CT molecular complexity index is 478. The largest absolute Gasteiger partial charge is 0.392 e. The van der Waals surface area contributed by atoms with Crippen molar-refractivity contribution >= 4 is 0 Å². The number of aromatic nitrogens is 4. The number of hydrogen-bond acceptors (Lipinski definition) is 4. The Labute approximate surface area is 93.8 Å². The van der Waals surface area contributed by atoms with E-state index >= 15 is 0 Å². The first-order valence-electron chi connectivity index (χ1n) is 5.17. The molecule has 1 N–H and O–H groups in total. The highest BCUT2D eigenvalue weighted by Gasteiger charge is 2.12. The molecule has 16 heavy (non-hydrogen) atoms. The molecule has 2 rings (SSSR count). The van der Waals surface area contributed by atoms with Gasteiger partial charge in [0.15, 0.2) is 0 Å². The molecule has 0 unspecified atom stereocenters. The zero-order chi connectivity index (χ0) is 11.5. The van der Waals surface area contributed by atoms with Crippen LogP contribution in [-0.4, -0.2) is 24.9 Å². The lowest BCUT2D eigenvalue weighted by molar-refractivity contribution is 0.281. The SMILES string of the molecule is CC(C)n1nccc1-c1ncncc1CO. The molecule has 5 nitrogen and oxygen atoms in total. The van der Waals surface area contributed by atoms with Gasteiger partial charge in [-0.3, -0.25) is 4.68 Å². The molecule has 0 atom stereocenters. The van der Waals surface area contributed by atoms with Crippen LogP contribution in [0, 0.1) is 0 Å². The van der Waals surface area contributed by atoms with Crippen LogP contribution in [0.25, 0.3) is 11.4 Å². The van der Waals surface area contributed by atoms with Gasteiger partial charge >= 0.3 is 0 Å². The second-order valence-electron chi connectivity index (χ2n) is 3.81. The van der Waals surface area contributed by atoms with Gasteiger partial charge in [-0.05, 0) is 19.9 Å². The van der Waals surface area contributed by atoms with Crippen molar-refractivity contribution in [3.63, 3.8) is 0 Å². The van der Waals surface area contributed by atoms with Crippen molar-refractivity contribution in [2.24, 2.45) is 0 Å². The Morgan fingerprint density at radius 3 is 2.94 bits per heavy atom. The Morgan fingerprint density at radius 2 is 2.25 bits per heavy atom. The maximum absolute atomic E-state index is 9.24. The molecule has 2 aromatic rings. The summed E-state index contributed by atoms with van der Waals surface area (Å²) >= 11 is 0. The van der Waals surface area contributed by atoms with Crippen LogP contribution in [0.2, 0.25) is 0 Å². The first-order valence-corrected chi connectivity index (χ1v) is 5.17. The van der Waals surface area contributed by atoms with Gasteiger partial charge in [0.2, 0.25) is 0 Å². The Kier molecular flexibility index (Phi) is 2.96. The number of aliphatic hydroxyl groups excluding tert-OH is 1. The van der Waals surface area contributed by atoms with Crippen molar-refractivity contribution in [3.8, 4) is 11.4 Å². The summed E-state index contributed by atoms with van der Waals surface area (Å²) in [6, 6.07) is 2.15. The van der Waals surface area contributed by atoms with Crippen molar-refractivity contribution < 1.29 is 5.11 Å². The molecule has 0 aliphatic rings. The van der Waals surface area contributed by atoms with E-state index in [1.165, 1.54) is 6.33 Å². The molecule has 0 saturated heterocycles. The number of nitrogens with zero attached hydrogens (tertiary/aromatic N) is 4. The van der Waals surface area contributed by atoms with Crippen molar-refractivity contribution in [2.45, 2.75) is 26.5 Å². The van der Waals surface area contributed by atoms with Crippen molar-refractivity contribution in [2.75, 3.05) is 0 Å². The molecular formula is C11H14N4O. The molecule has 0 bridgehead atoms. The van der Waals surface area contributed by atoms with Gasteiger partial charge in [0.05, 0.1) is 18.0 Å². The summed E-state index contributed by atoms with van der Waals surface area (Å²) in [6.45, 7) is 4.03. The zero-order valence-corrected chi connectivity index (χ0v) is 9.33. The first-order chi connectivity index (χ1) is 7.74. The molecule has 0 amide bonds. The van der Waals surface area contributed by atoms with Crippen LogP contribution >= 0.6 is 0 Å². The fourth-order valence-corrected chi connectivity index (χ4v) is 1.62. The van der Waals surface area contributed by atoms with Crippen molar-refractivity contribution in [3.05, 3.63) is 30.4 Å². The molecule has 84 valence electrons. The summed E-state index contributed by atoms with van der Waals surface area (Å²) in [6.07, 6.45) is 4.84. The Hall–Kier alpha value is -1.75. The summed E-state index contributed by atoms with van der Waals surface area (Å²) in [4.78, 5) is 8.10. The van der Waals surface area contributed by atoms with Gasteiger partial charge in [-0.15, -0.1) is 0 Å². The van der Waals surface area contributed by atoms with Gasteiger partial charge in [0.1, 0.15) is 6.33 Å². The van der Waals surface area contributed by atoms with Crippen LogP contribution in [-0.2, 0) is 6.61 Å². The van der Waals surface area contributed by atoms with E-state index < -0.39 is 0 Å². The lowest BCUT2D eigenvalue weighted by Crippen LogP contribution is -2.06. The van der Waals surface area contributed by atoms with Gasteiger partial charge in [0.25, 0.3) is 0 Å². The average molecular weight is 218 g/mol. The smallest absolute Gasteiger partial charge is 0.116 e. The summed E-state index contributed by atoms with van der Waals surface area (Å²) in [5, 5.41) is 13.5. The van der Waals surface area contributed by atoms with E-state index in [4.69, 9.17) is 0 Å². The van der Waals surface area contributed by atoms with Crippen LogP contribution in [0.15, 0.2) is 24.8 Å². The Morgan fingerprint density at radius 1 is 1.44 bits per heavy atom. The minimum absolute atomic E-state index is 0.0700. The molecule has 0 saturated carbocycles. The zero-order valence-electron chi connectivity index (χ0n) is 9.33. The van der Waals surface area contributed by atoms with Crippen molar-refractivity contribution in [1.82, 2.24) is 19.7 Å². The van der Waals surface area contributed by atoms with E-state index in [0.717, 1.165) is 11.4 Å². The summed E-state index contributed by atoms with van der Waals surface area (Å²) in [7, 11) is 0. The Balaban J connectivity index is 2.54. The molecule has 5 heteroatoms. The quantitative estimate of drug-likeness (QED) is 0.846. The van der Waals surface area contributed by atoms with Crippen LogP contribution in [0.4, 0.5) is 0 Å². The van der Waals surface area contributed by atoms with Crippen LogP contribution in [0.3, 0.4) is 0 Å². The van der Waals surface area contributed by atoms with Crippen molar-refractivity contribution in [1.29, 1.82) is 0 Å². The molecule has 0 fully saturated rings. The molecule has 0 radical (unpaired) electrons. The third kappa shape index (κ3) is 1.81. The standard InChI is InChI=1S/C11H14N4O/c1-8(2)15-10(3-4-14-15)11-9(6-16)5-12-7-13-11/h3-5,7-8,16H,6H2,1-2H3. The third-order valence-corrected chi connectivity index (χ3v) is 2.36. The molecule has 2 aromatic heterocycles. The molecule has 0 aliphatic heterocycles. The fourth-order valence-electron chi connectivity index (χ4n) is 1.62. The summed E-state index contributed by atoms with van der Waals surface area (Å²) < 4.78 is 1.88. The van der Waals surface area contributed by atoms with E-state index in [0.29, 0.717) is 5.56 Å². The minimum atomic E-state index is -0.0700. The molecule has 0 aliphatic carbocycles. The maximum Gasteiger partial charge on any atom is 0.116 e.